The Morgan fingerprint density at radius 1 is 0.388 bits per heavy atom. The second-order valence-corrected chi connectivity index (χ2v) is 9.03. The van der Waals surface area contributed by atoms with Crippen molar-refractivity contribution in [1.29, 1.82) is 15.8 Å². The molecule has 1 aromatic carbocycles. The van der Waals surface area contributed by atoms with E-state index in [1.165, 1.54) is 0 Å². The third-order valence-corrected chi connectivity index (χ3v) is 6.35. The summed E-state index contributed by atoms with van der Waals surface area (Å²) in [5, 5.41) is 29.0. The van der Waals surface area contributed by atoms with E-state index in [4.69, 9.17) is 0 Å². The van der Waals surface area contributed by atoms with Gasteiger partial charge in [-0.25, -0.2) is 49.5 Å². The standard InChI is InChI=1S/C27F17N5/c28-13-10(14(29)20(35)21(36)19(13)34)4(1-45)7-8(5(2-46)11-15(30)22(26(39,40)41)48-24(37)17(11)32)9(7)6(3-47)12-16(31)23(27(42,43)44)49-25(38)18(12)33. The summed E-state index contributed by atoms with van der Waals surface area (Å²) < 4.78 is 239. The number of allylic oxidation sites excluding steroid dienone is 6. The molecule has 5 nitrogen and oxygen atoms in total. The van der Waals surface area contributed by atoms with Crippen LogP contribution in [0.5, 0.6) is 0 Å². The lowest BCUT2D eigenvalue weighted by molar-refractivity contribution is -0.145. The zero-order chi connectivity index (χ0) is 37.2. The molecule has 4 rings (SSSR count). The normalized spacial score (nSPS) is 15.0. The summed E-state index contributed by atoms with van der Waals surface area (Å²) in [5.41, 5.74) is -24.4. The molecule has 252 valence electrons. The molecule has 49 heavy (non-hydrogen) atoms. The molecule has 0 atom stereocenters. The predicted octanol–water partition coefficient (Wildman–Crippen LogP) is 8.29. The SMILES string of the molecule is N#CC(=C1C(=C(C#N)c2c(F)c(F)nc(C(F)(F)F)c2F)C1=C(C#N)c1c(F)c(F)c(F)c(F)c1F)c1c(F)c(F)nc(C(F)(F)F)c1F. The van der Waals surface area contributed by atoms with Gasteiger partial charge in [-0.1, -0.05) is 0 Å². The van der Waals surface area contributed by atoms with Gasteiger partial charge in [0.05, 0.1) is 33.4 Å². The van der Waals surface area contributed by atoms with Gasteiger partial charge in [0.15, 0.2) is 57.9 Å². The van der Waals surface area contributed by atoms with Crippen LogP contribution in [0, 0.1) is 98.2 Å². The molecule has 0 saturated heterocycles. The number of nitriles is 3. The average molecular weight is 717 g/mol. The number of rotatable bonds is 3. The van der Waals surface area contributed by atoms with Gasteiger partial charge >= 0.3 is 12.4 Å². The molecule has 1 aliphatic rings. The third-order valence-electron chi connectivity index (χ3n) is 6.35. The first-order valence-electron chi connectivity index (χ1n) is 11.8. The van der Waals surface area contributed by atoms with Crippen molar-refractivity contribution in [2.75, 3.05) is 0 Å². The van der Waals surface area contributed by atoms with Crippen LogP contribution < -0.4 is 0 Å². The monoisotopic (exact) mass is 717 g/mol. The van der Waals surface area contributed by atoms with Crippen molar-refractivity contribution in [1.82, 2.24) is 9.97 Å². The van der Waals surface area contributed by atoms with Crippen molar-refractivity contribution in [3.63, 3.8) is 0 Å². The van der Waals surface area contributed by atoms with Crippen LogP contribution in [0.2, 0.25) is 0 Å². The highest BCUT2D eigenvalue weighted by atomic mass is 19.4. The number of alkyl halides is 6. The molecule has 1 fully saturated rings. The zero-order valence-corrected chi connectivity index (χ0v) is 22.2. The second kappa shape index (κ2) is 11.9. The Hall–Kier alpha value is -5.98. The number of aromatic nitrogens is 2. The Kier molecular flexibility index (Phi) is 8.72. The summed E-state index contributed by atoms with van der Waals surface area (Å²) in [6, 6.07) is 2.21. The van der Waals surface area contributed by atoms with Crippen LogP contribution >= 0.6 is 0 Å². The van der Waals surface area contributed by atoms with Crippen molar-refractivity contribution >= 4 is 16.7 Å². The van der Waals surface area contributed by atoms with Gasteiger partial charge in [-0.3, -0.25) is 0 Å². The smallest absolute Gasteiger partial charge is 0.209 e. The number of nitrogens with zero attached hydrogens (tertiary/aromatic N) is 5. The molecule has 2 aromatic heterocycles. The van der Waals surface area contributed by atoms with Gasteiger partial charge in [0.2, 0.25) is 17.7 Å². The largest absolute Gasteiger partial charge is 0.436 e. The summed E-state index contributed by atoms with van der Waals surface area (Å²) in [6.07, 6.45) is -12.0. The van der Waals surface area contributed by atoms with Crippen LogP contribution in [0.3, 0.4) is 0 Å². The molecule has 0 radical (unpaired) electrons. The molecule has 3 aromatic rings. The van der Waals surface area contributed by atoms with Crippen molar-refractivity contribution < 1.29 is 74.6 Å². The number of benzene rings is 1. The fourth-order valence-corrected chi connectivity index (χ4v) is 4.32. The lowest BCUT2D eigenvalue weighted by atomic mass is 10.0. The first-order valence-corrected chi connectivity index (χ1v) is 11.8. The molecule has 1 aliphatic carbocycles. The number of halogens is 17. The van der Waals surface area contributed by atoms with Crippen LogP contribution in [0.4, 0.5) is 74.6 Å². The lowest BCUT2D eigenvalue weighted by Gasteiger charge is -2.11. The molecule has 2 heterocycles. The first kappa shape index (κ1) is 35.9. The molecule has 0 amide bonds. The van der Waals surface area contributed by atoms with E-state index in [-0.39, 0.29) is 0 Å². The van der Waals surface area contributed by atoms with Crippen molar-refractivity contribution in [2.45, 2.75) is 12.4 Å². The minimum atomic E-state index is -6.00. The molecule has 0 N–H and O–H groups in total. The maximum absolute atomic E-state index is 15.0. The summed E-state index contributed by atoms with van der Waals surface area (Å²) in [6.45, 7) is 0. The summed E-state index contributed by atoms with van der Waals surface area (Å²) >= 11 is 0. The lowest BCUT2D eigenvalue weighted by Crippen LogP contribution is -2.16. The molecular weight excluding hydrogens is 717 g/mol. The van der Waals surface area contributed by atoms with Crippen molar-refractivity contribution in [2.24, 2.45) is 0 Å². The fraction of sp³-hybridized carbons (Fsp3) is 0.0741. The van der Waals surface area contributed by atoms with E-state index in [2.05, 4.69) is 0 Å². The Labute approximate surface area is 257 Å². The topological polar surface area (TPSA) is 97.1 Å². The van der Waals surface area contributed by atoms with Crippen molar-refractivity contribution in [3.8, 4) is 18.2 Å². The number of hydrogen-bond acceptors (Lipinski definition) is 5. The molecule has 0 spiro atoms. The van der Waals surface area contributed by atoms with Crippen LogP contribution in [0.25, 0.3) is 16.7 Å². The van der Waals surface area contributed by atoms with E-state index < -0.39 is 138 Å². The summed E-state index contributed by atoms with van der Waals surface area (Å²) in [4.78, 5) is 3.96. The maximum atomic E-state index is 15.0. The van der Waals surface area contributed by atoms with Gasteiger partial charge in [-0.2, -0.15) is 50.9 Å². The number of hydrogen-bond donors (Lipinski definition) is 0. The summed E-state index contributed by atoms with van der Waals surface area (Å²) in [5.74, 6) is -31.5. The van der Waals surface area contributed by atoms with Crippen LogP contribution in [-0.4, -0.2) is 9.97 Å². The van der Waals surface area contributed by atoms with Gasteiger partial charge in [0.25, 0.3) is 0 Å². The van der Waals surface area contributed by atoms with Crippen molar-refractivity contribution in [3.05, 3.63) is 109 Å². The molecule has 1 saturated carbocycles. The molecule has 0 unspecified atom stereocenters. The minimum absolute atomic E-state index is 0.727. The highest BCUT2D eigenvalue weighted by molar-refractivity contribution is 6.12. The highest BCUT2D eigenvalue weighted by Crippen LogP contribution is 2.57. The van der Waals surface area contributed by atoms with Gasteiger partial charge in [0.1, 0.15) is 18.2 Å². The van der Waals surface area contributed by atoms with Gasteiger partial charge < -0.3 is 0 Å². The summed E-state index contributed by atoms with van der Waals surface area (Å²) in [7, 11) is 0. The predicted molar refractivity (Wildman–Crippen MR) is 122 cm³/mol. The maximum Gasteiger partial charge on any atom is 0.436 e. The Bertz CT molecular complexity index is 2100. The molecule has 22 heteroatoms. The van der Waals surface area contributed by atoms with Crippen LogP contribution in [0.15, 0.2) is 16.7 Å². The van der Waals surface area contributed by atoms with Gasteiger partial charge in [-0.05, 0) is 0 Å². The van der Waals surface area contributed by atoms with E-state index in [1.54, 1.807) is 0 Å². The van der Waals surface area contributed by atoms with Crippen LogP contribution in [0.1, 0.15) is 28.1 Å². The Morgan fingerprint density at radius 3 is 0.878 bits per heavy atom. The van der Waals surface area contributed by atoms with Gasteiger partial charge in [-0.15, -0.1) is 0 Å². The fourth-order valence-electron chi connectivity index (χ4n) is 4.32. The van der Waals surface area contributed by atoms with E-state index >= 15 is 8.78 Å². The van der Waals surface area contributed by atoms with Gasteiger partial charge in [0, 0.05) is 16.7 Å². The first-order chi connectivity index (χ1) is 22.6. The number of pyridine rings is 2. The highest BCUT2D eigenvalue weighted by Gasteiger charge is 2.48. The molecular formula is C27F17N5. The minimum Gasteiger partial charge on any atom is -0.209 e. The Balaban J connectivity index is 2.38. The third kappa shape index (κ3) is 5.56. The second-order valence-electron chi connectivity index (χ2n) is 9.03. The average Bonchev–Trinajstić information content (AvgIpc) is 3.73. The Morgan fingerprint density at radius 2 is 0.633 bits per heavy atom. The molecule has 0 aliphatic heterocycles. The molecule has 0 bridgehead atoms. The van der Waals surface area contributed by atoms with E-state index in [0.29, 0.717) is 0 Å². The quantitative estimate of drug-likeness (QED) is 0.0894. The van der Waals surface area contributed by atoms with E-state index in [9.17, 15) is 81.6 Å². The van der Waals surface area contributed by atoms with E-state index in [1.807, 2.05) is 9.97 Å². The van der Waals surface area contributed by atoms with E-state index in [0.717, 1.165) is 18.2 Å². The van der Waals surface area contributed by atoms with Crippen LogP contribution in [-0.2, 0) is 12.4 Å². The zero-order valence-electron chi connectivity index (χ0n) is 22.2.